The number of aliphatic hydroxyl groups is 1. The molecule has 0 bridgehead atoms. The van der Waals surface area contributed by atoms with Gasteiger partial charge in [0, 0.05) is 24.6 Å². The molecule has 2 rings (SSSR count). The first-order valence-corrected chi connectivity index (χ1v) is 6.18. The molecule has 19 heavy (non-hydrogen) atoms. The average Bonchev–Trinajstić information content (AvgIpc) is 2.48. The highest BCUT2D eigenvalue weighted by Crippen LogP contribution is 2.13. The van der Waals surface area contributed by atoms with Gasteiger partial charge in [-0.25, -0.2) is 0 Å². The number of carbonyl (C=O) groups excluding carboxylic acids is 1. The second-order valence-corrected chi connectivity index (χ2v) is 3.93. The lowest BCUT2D eigenvalue weighted by molar-refractivity contribution is 0.101. The monoisotopic (exact) mass is 258 g/mol. The maximum absolute atomic E-state index is 11.0. The van der Waals surface area contributed by atoms with Gasteiger partial charge >= 0.3 is 0 Å². The highest BCUT2D eigenvalue weighted by Gasteiger charge is 2.02. The summed E-state index contributed by atoms with van der Waals surface area (Å²) in [4.78, 5) is 19.4. The van der Waals surface area contributed by atoms with Crippen molar-refractivity contribution in [1.82, 2.24) is 9.97 Å². The second-order valence-electron chi connectivity index (χ2n) is 3.93. The number of aromatic nitrogens is 2. The third-order valence-electron chi connectivity index (χ3n) is 2.32. The number of Topliss-reactive ketones (excluding diaryl/α,β-unsaturated/α-hetero) is 1. The third kappa shape index (κ3) is 4.97. The third-order valence-corrected chi connectivity index (χ3v) is 2.32. The molecule has 2 aromatic heterocycles. The molecule has 2 aromatic rings. The molecule has 0 aliphatic heterocycles. The summed E-state index contributed by atoms with van der Waals surface area (Å²) >= 11 is 0. The predicted molar refractivity (Wildman–Crippen MR) is 74.8 cm³/mol. The van der Waals surface area contributed by atoms with Gasteiger partial charge in [-0.1, -0.05) is 13.0 Å². The predicted octanol–water partition coefficient (Wildman–Crippen LogP) is 2.73. The Kier molecular flexibility index (Phi) is 6.39. The summed E-state index contributed by atoms with van der Waals surface area (Å²) in [5.41, 5.74) is 2.21. The van der Waals surface area contributed by atoms with E-state index in [0.717, 1.165) is 17.8 Å². The van der Waals surface area contributed by atoms with Crippen LogP contribution in [0.1, 0.15) is 30.6 Å². The number of hydrogen-bond acceptors (Lipinski definition) is 4. The molecule has 0 aliphatic carbocycles. The molecule has 0 aliphatic rings. The molecule has 0 atom stereocenters. The lowest BCUT2D eigenvalue weighted by atomic mass is 10.2. The van der Waals surface area contributed by atoms with Gasteiger partial charge in [-0.3, -0.25) is 14.8 Å². The molecule has 0 spiro atoms. The van der Waals surface area contributed by atoms with E-state index in [9.17, 15) is 4.79 Å². The van der Waals surface area contributed by atoms with Crippen LogP contribution in [-0.4, -0.2) is 27.5 Å². The molecule has 4 heteroatoms. The number of carbonyl (C=O) groups is 1. The Morgan fingerprint density at radius 2 is 1.84 bits per heavy atom. The van der Waals surface area contributed by atoms with Crippen molar-refractivity contribution in [3.8, 4) is 11.4 Å². The number of aliphatic hydroxyl groups excluding tert-OH is 1. The standard InChI is InChI=1S/C12H10N2O.C3H8O/c1-9(15)10-5-6-12(14-8-10)11-4-2-3-7-13-11;1-2-3-4/h2-8H,1H3;4H,2-3H2,1H3. The van der Waals surface area contributed by atoms with Crippen molar-refractivity contribution in [3.05, 3.63) is 48.3 Å². The minimum absolute atomic E-state index is 0.0232. The number of pyridine rings is 2. The van der Waals surface area contributed by atoms with Crippen LogP contribution >= 0.6 is 0 Å². The van der Waals surface area contributed by atoms with Crippen molar-refractivity contribution in [3.63, 3.8) is 0 Å². The summed E-state index contributed by atoms with van der Waals surface area (Å²) in [6.07, 6.45) is 4.17. The number of ketones is 1. The first-order valence-electron chi connectivity index (χ1n) is 6.18. The van der Waals surface area contributed by atoms with Gasteiger partial charge in [0.15, 0.2) is 5.78 Å². The van der Waals surface area contributed by atoms with Crippen LogP contribution in [0.5, 0.6) is 0 Å². The van der Waals surface area contributed by atoms with Gasteiger partial charge in [-0.2, -0.15) is 0 Å². The minimum Gasteiger partial charge on any atom is -0.396 e. The van der Waals surface area contributed by atoms with E-state index in [4.69, 9.17) is 5.11 Å². The molecule has 2 heterocycles. The average molecular weight is 258 g/mol. The maximum Gasteiger partial charge on any atom is 0.161 e. The van der Waals surface area contributed by atoms with E-state index in [2.05, 4.69) is 9.97 Å². The van der Waals surface area contributed by atoms with Crippen LogP contribution in [0.25, 0.3) is 11.4 Å². The summed E-state index contributed by atoms with van der Waals surface area (Å²) < 4.78 is 0. The van der Waals surface area contributed by atoms with Gasteiger partial charge in [0.1, 0.15) is 0 Å². The van der Waals surface area contributed by atoms with Crippen LogP contribution in [-0.2, 0) is 0 Å². The minimum atomic E-state index is 0.0232. The van der Waals surface area contributed by atoms with Crippen LogP contribution in [0.3, 0.4) is 0 Å². The highest BCUT2D eigenvalue weighted by atomic mass is 16.2. The van der Waals surface area contributed by atoms with Crippen molar-refractivity contribution in [1.29, 1.82) is 0 Å². The molecule has 0 unspecified atom stereocenters. The summed E-state index contributed by atoms with van der Waals surface area (Å²) in [5.74, 6) is 0.0232. The Morgan fingerprint density at radius 1 is 1.16 bits per heavy atom. The molecule has 0 saturated carbocycles. The molecule has 4 nitrogen and oxygen atoms in total. The topological polar surface area (TPSA) is 63.1 Å². The van der Waals surface area contributed by atoms with Crippen LogP contribution in [0.4, 0.5) is 0 Å². The zero-order valence-electron chi connectivity index (χ0n) is 11.2. The SMILES string of the molecule is CC(=O)c1ccc(-c2ccccn2)nc1.CCCO. The molecular weight excluding hydrogens is 240 g/mol. The summed E-state index contributed by atoms with van der Waals surface area (Å²) in [7, 11) is 0. The van der Waals surface area contributed by atoms with E-state index in [1.807, 2.05) is 25.1 Å². The molecule has 0 saturated heterocycles. The fourth-order valence-corrected chi connectivity index (χ4v) is 1.27. The summed E-state index contributed by atoms with van der Waals surface area (Å²) in [5, 5.41) is 7.88. The van der Waals surface area contributed by atoms with Gasteiger partial charge in [0.25, 0.3) is 0 Å². The van der Waals surface area contributed by atoms with Gasteiger partial charge in [0.05, 0.1) is 11.4 Å². The van der Waals surface area contributed by atoms with E-state index in [-0.39, 0.29) is 5.78 Å². The second kappa shape index (κ2) is 8.11. The maximum atomic E-state index is 11.0. The van der Waals surface area contributed by atoms with E-state index in [1.165, 1.54) is 6.92 Å². The molecule has 0 aromatic carbocycles. The number of hydrogen-bond donors (Lipinski definition) is 1. The highest BCUT2D eigenvalue weighted by molar-refractivity contribution is 5.93. The molecule has 0 radical (unpaired) electrons. The van der Waals surface area contributed by atoms with Crippen LogP contribution in [0.2, 0.25) is 0 Å². The largest absolute Gasteiger partial charge is 0.396 e. The van der Waals surface area contributed by atoms with Crippen molar-refractivity contribution in [2.75, 3.05) is 6.61 Å². The first kappa shape index (κ1) is 15.0. The first-order chi connectivity index (χ1) is 9.19. The van der Waals surface area contributed by atoms with E-state index < -0.39 is 0 Å². The van der Waals surface area contributed by atoms with Gasteiger partial charge < -0.3 is 5.11 Å². The Hall–Kier alpha value is -2.07. The lowest BCUT2D eigenvalue weighted by Crippen LogP contribution is -1.94. The van der Waals surface area contributed by atoms with E-state index >= 15 is 0 Å². The summed E-state index contributed by atoms with van der Waals surface area (Å²) in [6, 6.07) is 9.21. The quantitative estimate of drug-likeness (QED) is 0.860. The lowest BCUT2D eigenvalue weighted by Gasteiger charge is -1.99. The zero-order valence-corrected chi connectivity index (χ0v) is 11.2. The van der Waals surface area contributed by atoms with Crippen molar-refractivity contribution >= 4 is 5.78 Å². The van der Waals surface area contributed by atoms with Gasteiger partial charge in [-0.05, 0) is 37.6 Å². The van der Waals surface area contributed by atoms with Crippen LogP contribution in [0, 0.1) is 0 Å². The smallest absolute Gasteiger partial charge is 0.161 e. The Balaban J connectivity index is 0.000000399. The summed E-state index contributed by atoms with van der Waals surface area (Å²) in [6.45, 7) is 3.78. The Morgan fingerprint density at radius 3 is 2.26 bits per heavy atom. The molecule has 0 fully saturated rings. The van der Waals surface area contributed by atoms with Crippen LogP contribution < -0.4 is 0 Å². The fraction of sp³-hybridized carbons (Fsp3) is 0.267. The molecule has 1 N–H and O–H groups in total. The normalized spacial score (nSPS) is 9.42. The zero-order chi connectivity index (χ0) is 14.1. The van der Waals surface area contributed by atoms with Gasteiger partial charge in [0.2, 0.25) is 0 Å². The fourth-order valence-electron chi connectivity index (χ4n) is 1.27. The molecule has 100 valence electrons. The van der Waals surface area contributed by atoms with Crippen molar-refractivity contribution in [2.45, 2.75) is 20.3 Å². The molecule has 0 amide bonds. The van der Waals surface area contributed by atoms with Crippen molar-refractivity contribution in [2.24, 2.45) is 0 Å². The number of nitrogens with zero attached hydrogens (tertiary/aromatic N) is 2. The van der Waals surface area contributed by atoms with E-state index in [1.54, 1.807) is 24.5 Å². The molecular formula is C15H18N2O2. The van der Waals surface area contributed by atoms with Crippen molar-refractivity contribution < 1.29 is 9.90 Å². The number of rotatable bonds is 3. The van der Waals surface area contributed by atoms with E-state index in [0.29, 0.717) is 12.2 Å². The van der Waals surface area contributed by atoms with Gasteiger partial charge in [-0.15, -0.1) is 0 Å². The Labute approximate surface area is 113 Å². The van der Waals surface area contributed by atoms with Crippen LogP contribution in [0.15, 0.2) is 42.7 Å². The Bertz CT molecular complexity index is 493.